The first-order chi connectivity index (χ1) is 11.5. The van der Waals surface area contributed by atoms with Crippen LogP contribution in [-0.2, 0) is 7.05 Å². The lowest BCUT2D eigenvalue weighted by molar-refractivity contribution is 0.744. The van der Waals surface area contributed by atoms with E-state index in [2.05, 4.69) is 30.0 Å². The zero-order chi connectivity index (χ0) is 16.8. The van der Waals surface area contributed by atoms with E-state index >= 15 is 0 Å². The van der Waals surface area contributed by atoms with Gasteiger partial charge in [0.25, 0.3) is 0 Å². The lowest BCUT2D eigenvalue weighted by Crippen LogP contribution is -2.20. The largest absolute Gasteiger partial charge is 0.340 e. The molecule has 124 valence electrons. The molecule has 3 aromatic heterocycles. The molecule has 0 bridgehead atoms. The van der Waals surface area contributed by atoms with Crippen molar-refractivity contribution in [3.8, 4) is 0 Å². The molecule has 0 spiro atoms. The van der Waals surface area contributed by atoms with Gasteiger partial charge in [-0.1, -0.05) is 0 Å². The Kier molecular flexibility index (Phi) is 3.33. The van der Waals surface area contributed by atoms with Crippen LogP contribution >= 0.6 is 0 Å². The lowest BCUT2D eigenvalue weighted by atomic mass is 10.4. The number of aryl methyl sites for hydroxylation is 3. The normalized spacial score (nSPS) is 14.8. The van der Waals surface area contributed by atoms with Crippen LogP contribution in [0.4, 0.5) is 5.95 Å². The molecule has 1 saturated carbocycles. The Labute approximate surface area is 139 Å². The molecule has 3 heterocycles. The fourth-order valence-electron chi connectivity index (χ4n) is 2.63. The summed E-state index contributed by atoms with van der Waals surface area (Å²) in [6, 6.07) is 0.586. The summed E-state index contributed by atoms with van der Waals surface area (Å²) in [5.41, 5.74) is 2.59. The fraction of sp³-hybridized carbons (Fsp3) is 0.438. The van der Waals surface area contributed by atoms with Gasteiger partial charge in [-0.25, -0.2) is 14.2 Å². The third-order valence-corrected chi connectivity index (χ3v) is 4.30. The molecular weight excluding hydrogens is 304 g/mol. The Morgan fingerprint density at radius 2 is 1.96 bits per heavy atom. The predicted octanol–water partition coefficient (Wildman–Crippen LogP) is 1.64. The molecule has 4 rings (SSSR count). The smallest absolute Gasteiger partial charge is 0.245 e. The third-order valence-electron chi connectivity index (χ3n) is 4.30. The van der Waals surface area contributed by atoms with Crippen LogP contribution in [0, 0.1) is 13.8 Å². The highest BCUT2D eigenvalue weighted by Crippen LogP contribution is 2.28. The molecule has 1 aliphatic rings. The molecule has 1 fully saturated rings. The summed E-state index contributed by atoms with van der Waals surface area (Å²) >= 11 is 0. The van der Waals surface area contributed by atoms with Gasteiger partial charge >= 0.3 is 0 Å². The van der Waals surface area contributed by atoms with E-state index in [-0.39, 0.29) is 0 Å². The van der Waals surface area contributed by atoms with Crippen molar-refractivity contribution < 1.29 is 0 Å². The minimum absolute atomic E-state index is 0.586. The molecule has 0 aliphatic heterocycles. The molecule has 0 aromatic carbocycles. The maximum atomic E-state index is 4.59. The van der Waals surface area contributed by atoms with Gasteiger partial charge in [0.2, 0.25) is 5.95 Å². The van der Waals surface area contributed by atoms with Gasteiger partial charge in [0, 0.05) is 26.3 Å². The van der Waals surface area contributed by atoms with E-state index in [9.17, 15) is 0 Å². The molecule has 0 unspecified atom stereocenters. The minimum Gasteiger partial charge on any atom is -0.340 e. The monoisotopic (exact) mass is 324 g/mol. The Hall–Kier alpha value is -2.77. The Morgan fingerprint density at radius 1 is 1.17 bits per heavy atom. The van der Waals surface area contributed by atoms with Gasteiger partial charge in [-0.2, -0.15) is 4.98 Å². The summed E-state index contributed by atoms with van der Waals surface area (Å²) in [4.78, 5) is 15.6. The van der Waals surface area contributed by atoms with Gasteiger partial charge < -0.3 is 4.90 Å². The molecule has 0 N–H and O–H groups in total. The standard InChI is InChI=1S/C16H20N8/c1-10-9-17-11(2)15-18-13(20-24(10)15)7-8-14-19-16(21-23(14)4)22(3)12-5-6-12/h7-9,12H,5-6H2,1-4H3/b8-7+. The van der Waals surface area contributed by atoms with Crippen molar-refractivity contribution in [2.45, 2.75) is 32.7 Å². The highest BCUT2D eigenvalue weighted by Gasteiger charge is 2.28. The van der Waals surface area contributed by atoms with E-state index in [1.165, 1.54) is 12.8 Å². The summed E-state index contributed by atoms with van der Waals surface area (Å²) in [5.74, 6) is 2.18. The van der Waals surface area contributed by atoms with Crippen molar-refractivity contribution in [1.29, 1.82) is 0 Å². The molecule has 0 atom stereocenters. The topological polar surface area (TPSA) is 77.0 Å². The van der Waals surface area contributed by atoms with E-state index in [0.29, 0.717) is 11.9 Å². The molecule has 1 aliphatic carbocycles. The predicted molar refractivity (Wildman–Crippen MR) is 91.6 cm³/mol. The quantitative estimate of drug-likeness (QED) is 0.726. The number of hydrogen-bond donors (Lipinski definition) is 0. The number of anilines is 1. The van der Waals surface area contributed by atoms with Gasteiger partial charge in [0.15, 0.2) is 17.3 Å². The molecule has 24 heavy (non-hydrogen) atoms. The van der Waals surface area contributed by atoms with Crippen LogP contribution in [0.15, 0.2) is 6.20 Å². The average Bonchev–Trinajstić information content (AvgIpc) is 3.21. The van der Waals surface area contributed by atoms with Crippen LogP contribution in [-0.4, -0.2) is 47.4 Å². The second-order valence-corrected chi connectivity index (χ2v) is 6.26. The van der Waals surface area contributed by atoms with Crippen molar-refractivity contribution in [2.75, 3.05) is 11.9 Å². The first kappa shape index (κ1) is 14.8. The molecular formula is C16H20N8. The van der Waals surface area contributed by atoms with Crippen molar-refractivity contribution >= 4 is 23.7 Å². The second kappa shape index (κ2) is 5.40. The third kappa shape index (κ3) is 2.53. The number of aromatic nitrogens is 7. The van der Waals surface area contributed by atoms with Gasteiger partial charge in [-0.3, -0.25) is 4.98 Å². The van der Waals surface area contributed by atoms with Crippen LogP contribution in [0.1, 0.15) is 35.9 Å². The highest BCUT2D eigenvalue weighted by molar-refractivity contribution is 5.65. The second-order valence-electron chi connectivity index (χ2n) is 6.26. The van der Waals surface area contributed by atoms with Crippen LogP contribution < -0.4 is 4.90 Å². The Bertz CT molecular complexity index is 892. The average molecular weight is 324 g/mol. The maximum Gasteiger partial charge on any atom is 0.245 e. The van der Waals surface area contributed by atoms with Crippen LogP contribution in [0.5, 0.6) is 0 Å². The van der Waals surface area contributed by atoms with Crippen molar-refractivity contribution in [1.82, 2.24) is 34.3 Å². The van der Waals surface area contributed by atoms with E-state index in [1.807, 2.05) is 44.6 Å². The van der Waals surface area contributed by atoms with Gasteiger partial charge in [0.05, 0.1) is 11.4 Å². The Balaban J connectivity index is 1.63. The van der Waals surface area contributed by atoms with E-state index < -0.39 is 0 Å². The Morgan fingerprint density at radius 3 is 2.67 bits per heavy atom. The number of rotatable bonds is 4. The van der Waals surface area contributed by atoms with Gasteiger partial charge in [0.1, 0.15) is 0 Å². The minimum atomic E-state index is 0.586. The van der Waals surface area contributed by atoms with E-state index in [0.717, 1.165) is 28.8 Å². The summed E-state index contributed by atoms with van der Waals surface area (Å²) in [7, 11) is 3.94. The molecule has 0 radical (unpaired) electrons. The van der Waals surface area contributed by atoms with Crippen molar-refractivity contribution in [3.63, 3.8) is 0 Å². The zero-order valence-electron chi connectivity index (χ0n) is 14.3. The number of fused-ring (bicyclic) bond motifs is 1. The van der Waals surface area contributed by atoms with Gasteiger partial charge in [-0.05, 0) is 38.8 Å². The maximum absolute atomic E-state index is 4.59. The summed E-state index contributed by atoms with van der Waals surface area (Å²) in [6.45, 7) is 3.89. The van der Waals surface area contributed by atoms with Crippen LogP contribution in [0.2, 0.25) is 0 Å². The van der Waals surface area contributed by atoms with Gasteiger partial charge in [-0.15, -0.1) is 10.2 Å². The molecule has 0 amide bonds. The highest BCUT2D eigenvalue weighted by atomic mass is 15.4. The molecule has 8 nitrogen and oxygen atoms in total. The number of hydrogen-bond acceptors (Lipinski definition) is 6. The summed E-state index contributed by atoms with van der Waals surface area (Å²) < 4.78 is 3.59. The first-order valence-electron chi connectivity index (χ1n) is 8.04. The van der Waals surface area contributed by atoms with Crippen molar-refractivity contribution in [3.05, 3.63) is 29.2 Å². The lowest BCUT2D eigenvalue weighted by Gasteiger charge is -2.12. The number of nitrogens with zero attached hydrogens (tertiary/aromatic N) is 8. The van der Waals surface area contributed by atoms with Crippen molar-refractivity contribution in [2.24, 2.45) is 7.05 Å². The molecule has 8 heteroatoms. The zero-order valence-corrected chi connectivity index (χ0v) is 14.3. The van der Waals surface area contributed by atoms with E-state index in [4.69, 9.17) is 0 Å². The molecule has 0 saturated heterocycles. The van der Waals surface area contributed by atoms with E-state index in [1.54, 1.807) is 10.9 Å². The van der Waals surface area contributed by atoms with Crippen LogP contribution in [0.25, 0.3) is 17.8 Å². The van der Waals surface area contributed by atoms with Crippen LogP contribution in [0.3, 0.4) is 0 Å². The summed E-state index contributed by atoms with van der Waals surface area (Å²) in [6.07, 6.45) is 7.99. The first-order valence-corrected chi connectivity index (χ1v) is 8.04. The molecule has 3 aromatic rings. The SMILES string of the molecule is Cc1ncc(C)n2nc(/C=C/c3nc(N(C)C4CC4)nn3C)nc12. The fourth-order valence-corrected chi connectivity index (χ4v) is 2.63. The summed E-state index contributed by atoms with van der Waals surface area (Å²) in [5, 5.41) is 8.99.